The van der Waals surface area contributed by atoms with E-state index in [2.05, 4.69) is 4.98 Å². The fraction of sp³-hybridized carbons (Fsp3) is 0.538. The number of pyridine rings is 1. The molecular weight excluding hydrogens is 218 g/mol. The molecule has 17 heavy (non-hydrogen) atoms. The Hall–Kier alpha value is -1.26. The van der Waals surface area contributed by atoms with Crippen molar-refractivity contribution in [3.05, 3.63) is 30.1 Å². The highest BCUT2D eigenvalue weighted by molar-refractivity contribution is 5.88. The van der Waals surface area contributed by atoms with E-state index in [4.69, 9.17) is 9.47 Å². The van der Waals surface area contributed by atoms with Crippen LogP contribution in [0.1, 0.15) is 26.3 Å². The van der Waals surface area contributed by atoms with E-state index in [9.17, 15) is 4.79 Å². The molecule has 0 amide bonds. The maximum atomic E-state index is 11.9. The van der Waals surface area contributed by atoms with Gasteiger partial charge in [0.05, 0.1) is 13.2 Å². The van der Waals surface area contributed by atoms with Gasteiger partial charge < -0.3 is 9.47 Å². The Labute approximate surface area is 101 Å². The molecule has 4 heteroatoms. The number of hydrogen-bond donors (Lipinski definition) is 0. The van der Waals surface area contributed by atoms with Gasteiger partial charge in [0.15, 0.2) is 5.79 Å². The predicted molar refractivity (Wildman–Crippen MR) is 62.6 cm³/mol. The van der Waals surface area contributed by atoms with Crippen LogP contribution in [0, 0.1) is 0 Å². The summed E-state index contributed by atoms with van der Waals surface area (Å²) in [6.45, 7) is 5.93. The average Bonchev–Trinajstić information content (AvgIpc) is 2.30. The van der Waals surface area contributed by atoms with Crippen LogP contribution in [0.4, 0.5) is 0 Å². The number of carbonyl (C=O) groups excluding carboxylic acids is 1. The third-order valence-electron chi connectivity index (χ3n) is 3.22. The molecule has 92 valence electrons. The second-order valence-electron chi connectivity index (χ2n) is 4.86. The van der Waals surface area contributed by atoms with E-state index >= 15 is 0 Å². The Kier molecular flexibility index (Phi) is 3.02. The van der Waals surface area contributed by atoms with E-state index in [1.54, 1.807) is 19.3 Å². The normalized spacial score (nSPS) is 22.1. The smallest absolute Gasteiger partial charge is 0.162 e. The first-order valence-corrected chi connectivity index (χ1v) is 5.66. The lowest BCUT2D eigenvalue weighted by atomic mass is 9.78. The highest BCUT2D eigenvalue weighted by Crippen LogP contribution is 2.33. The summed E-state index contributed by atoms with van der Waals surface area (Å²) in [5, 5.41) is 0. The summed E-state index contributed by atoms with van der Waals surface area (Å²) < 4.78 is 11.3. The van der Waals surface area contributed by atoms with E-state index in [-0.39, 0.29) is 5.78 Å². The summed E-state index contributed by atoms with van der Waals surface area (Å²) in [6, 6.07) is 3.71. The van der Waals surface area contributed by atoms with Crippen LogP contribution in [0.25, 0.3) is 0 Å². The van der Waals surface area contributed by atoms with Gasteiger partial charge in [-0.3, -0.25) is 9.78 Å². The van der Waals surface area contributed by atoms with Crippen molar-refractivity contribution >= 4 is 5.78 Å². The van der Waals surface area contributed by atoms with Gasteiger partial charge in [0.1, 0.15) is 11.2 Å². The number of ether oxygens (including phenoxy) is 2. The van der Waals surface area contributed by atoms with Crippen LogP contribution in [0.15, 0.2) is 24.5 Å². The molecule has 1 aliphatic heterocycles. The van der Waals surface area contributed by atoms with Crippen molar-refractivity contribution in [1.82, 2.24) is 4.98 Å². The predicted octanol–water partition coefficient (Wildman–Crippen LogP) is 1.69. The zero-order valence-corrected chi connectivity index (χ0v) is 10.4. The minimum absolute atomic E-state index is 0.0426. The minimum atomic E-state index is -0.718. The molecule has 0 atom stereocenters. The Morgan fingerprint density at radius 3 is 2.47 bits per heavy atom. The fourth-order valence-corrected chi connectivity index (χ4v) is 1.90. The number of carbonyl (C=O) groups is 1. The Morgan fingerprint density at radius 2 is 2.00 bits per heavy atom. The van der Waals surface area contributed by atoms with Gasteiger partial charge in [-0.2, -0.15) is 0 Å². The molecule has 1 aliphatic rings. The third-order valence-corrected chi connectivity index (χ3v) is 3.22. The monoisotopic (exact) mass is 235 g/mol. The molecule has 2 heterocycles. The van der Waals surface area contributed by atoms with Crippen LogP contribution in [0.3, 0.4) is 0 Å². The highest BCUT2D eigenvalue weighted by atomic mass is 16.7. The van der Waals surface area contributed by atoms with Gasteiger partial charge in [-0.15, -0.1) is 0 Å². The molecule has 0 unspecified atom stereocenters. The van der Waals surface area contributed by atoms with E-state index in [1.165, 1.54) is 0 Å². The Bertz CT molecular complexity index is 404. The van der Waals surface area contributed by atoms with Crippen LogP contribution in [-0.2, 0) is 19.7 Å². The van der Waals surface area contributed by atoms with Gasteiger partial charge in [-0.1, -0.05) is 6.07 Å². The van der Waals surface area contributed by atoms with Gasteiger partial charge in [-0.25, -0.2) is 0 Å². The average molecular weight is 235 g/mol. The Morgan fingerprint density at radius 1 is 1.35 bits per heavy atom. The summed E-state index contributed by atoms with van der Waals surface area (Å²) in [5.41, 5.74) is 0.132. The van der Waals surface area contributed by atoms with Crippen LogP contribution in [-0.4, -0.2) is 29.8 Å². The van der Waals surface area contributed by atoms with Gasteiger partial charge >= 0.3 is 0 Å². The number of nitrogens with zero attached hydrogens (tertiary/aromatic N) is 1. The quantitative estimate of drug-likeness (QED) is 0.782. The largest absolute Gasteiger partial charge is 0.349 e. The molecule has 0 aromatic carbocycles. The SMILES string of the molecule is CC(=O)C1(c2cccnc2)COC(C)(C)OC1. The zero-order chi connectivity index (χ0) is 12.5. The molecule has 2 rings (SSSR count). The first kappa shape index (κ1) is 12.2. The third kappa shape index (κ3) is 2.23. The summed E-state index contributed by atoms with van der Waals surface area (Å²) in [7, 11) is 0. The lowest BCUT2D eigenvalue weighted by molar-refractivity contribution is -0.265. The van der Waals surface area contributed by atoms with E-state index in [0.717, 1.165) is 5.56 Å². The maximum Gasteiger partial charge on any atom is 0.162 e. The van der Waals surface area contributed by atoms with Crippen LogP contribution in [0.2, 0.25) is 0 Å². The standard InChI is InChI=1S/C13H17NO3/c1-10(15)13(11-5-4-6-14-7-11)8-16-12(2,3)17-9-13/h4-7H,8-9H2,1-3H3. The van der Waals surface area contributed by atoms with Crippen molar-refractivity contribution in [2.24, 2.45) is 0 Å². The summed E-state index contributed by atoms with van der Waals surface area (Å²) in [4.78, 5) is 16.0. The van der Waals surface area contributed by atoms with Gasteiger partial charge in [0, 0.05) is 12.4 Å². The molecular formula is C13H17NO3. The van der Waals surface area contributed by atoms with E-state index < -0.39 is 11.2 Å². The molecule has 4 nitrogen and oxygen atoms in total. The lowest BCUT2D eigenvalue weighted by Crippen LogP contribution is -2.53. The van der Waals surface area contributed by atoms with Crippen molar-refractivity contribution in [2.75, 3.05) is 13.2 Å². The molecule has 1 aromatic heterocycles. The minimum Gasteiger partial charge on any atom is -0.349 e. The second kappa shape index (κ2) is 4.20. The first-order chi connectivity index (χ1) is 7.96. The first-order valence-electron chi connectivity index (χ1n) is 5.66. The number of aromatic nitrogens is 1. The van der Waals surface area contributed by atoms with Crippen LogP contribution >= 0.6 is 0 Å². The van der Waals surface area contributed by atoms with Crippen molar-refractivity contribution < 1.29 is 14.3 Å². The zero-order valence-electron chi connectivity index (χ0n) is 10.4. The van der Waals surface area contributed by atoms with Gasteiger partial charge in [0.25, 0.3) is 0 Å². The van der Waals surface area contributed by atoms with Gasteiger partial charge in [-0.05, 0) is 32.4 Å². The molecule has 1 saturated heterocycles. The lowest BCUT2D eigenvalue weighted by Gasteiger charge is -2.42. The second-order valence-corrected chi connectivity index (χ2v) is 4.86. The van der Waals surface area contributed by atoms with Gasteiger partial charge in [0.2, 0.25) is 0 Å². The molecule has 0 aliphatic carbocycles. The number of Topliss-reactive ketones (excluding diaryl/α,β-unsaturated/α-hetero) is 1. The topological polar surface area (TPSA) is 48.4 Å². The van der Waals surface area contributed by atoms with Crippen molar-refractivity contribution in [2.45, 2.75) is 32.0 Å². The molecule has 1 aromatic rings. The fourth-order valence-electron chi connectivity index (χ4n) is 1.90. The van der Waals surface area contributed by atoms with Crippen molar-refractivity contribution in [1.29, 1.82) is 0 Å². The number of hydrogen-bond acceptors (Lipinski definition) is 4. The molecule has 0 spiro atoms. The van der Waals surface area contributed by atoms with Crippen LogP contribution in [0.5, 0.6) is 0 Å². The molecule has 1 fully saturated rings. The van der Waals surface area contributed by atoms with E-state index in [0.29, 0.717) is 13.2 Å². The number of rotatable bonds is 2. The van der Waals surface area contributed by atoms with Crippen molar-refractivity contribution in [3.63, 3.8) is 0 Å². The molecule has 0 saturated carbocycles. The highest BCUT2D eigenvalue weighted by Gasteiger charge is 2.45. The number of ketones is 1. The summed E-state index contributed by atoms with van der Waals surface area (Å²) >= 11 is 0. The molecule has 0 radical (unpaired) electrons. The molecule has 0 bridgehead atoms. The Balaban J connectivity index is 2.33. The van der Waals surface area contributed by atoms with Crippen molar-refractivity contribution in [3.8, 4) is 0 Å². The summed E-state index contributed by atoms with van der Waals surface area (Å²) in [6.07, 6.45) is 3.39. The maximum absolute atomic E-state index is 11.9. The van der Waals surface area contributed by atoms with Crippen LogP contribution < -0.4 is 0 Å². The van der Waals surface area contributed by atoms with E-state index in [1.807, 2.05) is 26.0 Å². The molecule has 0 N–H and O–H groups in total. The summed E-state index contributed by atoms with van der Waals surface area (Å²) in [5.74, 6) is -0.581.